The van der Waals surface area contributed by atoms with Gasteiger partial charge in [-0.1, -0.05) is 24.3 Å². The summed E-state index contributed by atoms with van der Waals surface area (Å²) in [4.78, 5) is 13.2. The van der Waals surface area contributed by atoms with Crippen LogP contribution in [0.1, 0.15) is 48.3 Å². The van der Waals surface area contributed by atoms with Crippen molar-refractivity contribution in [1.29, 1.82) is 0 Å². The van der Waals surface area contributed by atoms with E-state index in [9.17, 15) is 20.1 Å². The van der Waals surface area contributed by atoms with Crippen LogP contribution in [-0.4, -0.2) is 39.5 Å². The Morgan fingerprint density at radius 2 is 2.14 bits per heavy atom. The number of halogens is 1. The molecule has 0 saturated heterocycles. The second-order valence-corrected chi connectivity index (χ2v) is 9.98. The Morgan fingerprint density at radius 3 is 2.79 bits per heavy atom. The second kappa shape index (κ2) is 12.0. The Kier molecular flexibility index (Phi) is 10.1. The highest BCUT2D eigenvalue weighted by molar-refractivity contribution is 9.10. The van der Waals surface area contributed by atoms with E-state index in [4.69, 9.17) is 5.73 Å². The largest absolute Gasteiger partial charge is 0.393 e. The lowest BCUT2D eigenvalue weighted by Crippen LogP contribution is -2.20. The molecule has 1 aliphatic rings. The molecule has 1 saturated carbocycles. The summed E-state index contributed by atoms with van der Waals surface area (Å²) in [6, 6.07) is 2.10. The fourth-order valence-electron chi connectivity index (χ4n) is 3.76. The molecule has 0 aliphatic heterocycles. The average molecular weight is 486 g/mol. The van der Waals surface area contributed by atoms with Gasteiger partial charge in [0.1, 0.15) is 0 Å². The topological polar surface area (TPSA) is 104 Å². The summed E-state index contributed by atoms with van der Waals surface area (Å²) >= 11 is 5.24. The molecule has 0 radical (unpaired) electrons. The number of aliphatic hydroxyl groups excluding tert-OH is 3. The minimum absolute atomic E-state index is 0.0725. The van der Waals surface area contributed by atoms with Gasteiger partial charge >= 0.3 is 0 Å². The first kappa shape index (κ1) is 24.3. The summed E-state index contributed by atoms with van der Waals surface area (Å²) in [5.74, 6) is -0.539. The molecule has 5 N–H and O–H groups in total. The van der Waals surface area contributed by atoms with Crippen molar-refractivity contribution in [2.24, 2.45) is 17.6 Å². The Balaban J connectivity index is 1.83. The first-order chi connectivity index (χ1) is 13.8. The molecule has 5 nitrogen and oxygen atoms in total. The number of hydrogen-bond donors (Lipinski definition) is 4. The summed E-state index contributed by atoms with van der Waals surface area (Å²) < 4.78 is 1.11. The number of hydrogen-bond acceptors (Lipinski definition) is 5. The van der Waals surface area contributed by atoms with Crippen LogP contribution in [-0.2, 0) is 11.2 Å². The monoisotopic (exact) mass is 485 g/mol. The van der Waals surface area contributed by atoms with E-state index in [2.05, 4.69) is 28.9 Å². The zero-order chi connectivity index (χ0) is 21.4. The molecule has 2 rings (SSSR count). The molecule has 0 aromatic carbocycles. The van der Waals surface area contributed by atoms with Gasteiger partial charge in [0, 0.05) is 33.0 Å². The zero-order valence-corrected chi connectivity index (χ0v) is 19.2. The van der Waals surface area contributed by atoms with Crippen molar-refractivity contribution in [3.8, 4) is 0 Å². The Morgan fingerprint density at radius 1 is 1.38 bits per heavy atom. The van der Waals surface area contributed by atoms with Crippen molar-refractivity contribution in [2.45, 2.75) is 70.2 Å². The van der Waals surface area contributed by atoms with Crippen LogP contribution in [0.4, 0.5) is 0 Å². The molecule has 1 fully saturated rings. The summed E-state index contributed by atoms with van der Waals surface area (Å²) in [5, 5.41) is 30.9. The highest BCUT2D eigenvalue weighted by atomic mass is 79.9. The number of primary amides is 1. The molecule has 1 amide bonds. The molecule has 0 bridgehead atoms. The standard InChI is InChI=1S/C22H32BrNO4S/c1-14-19(23)12-16(29-14)10-8-15(25)9-11-18-17(20(26)13-21(18)27)6-4-2-3-5-7-22(24)28/h2,4,9,11-12,15,17-18,20-21,25-27H,3,5-8,10,13H2,1H3,(H2,24,28)/t15-,17+,18+,20-,21+/m0/s1. The first-order valence-electron chi connectivity index (χ1n) is 10.2. The molecule has 1 aromatic heterocycles. The van der Waals surface area contributed by atoms with Gasteiger partial charge in [-0.05, 0) is 66.9 Å². The van der Waals surface area contributed by atoms with Gasteiger partial charge in [-0.3, -0.25) is 4.79 Å². The number of allylic oxidation sites excluding steroid dienone is 2. The van der Waals surface area contributed by atoms with Crippen LogP contribution in [0.15, 0.2) is 34.8 Å². The van der Waals surface area contributed by atoms with E-state index in [0.29, 0.717) is 25.7 Å². The van der Waals surface area contributed by atoms with Crippen LogP contribution in [0, 0.1) is 18.8 Å². The molecule has 1 aromatic rings. The lowest BCUT2D eigenvalue weighted by Gasteiger charge is -2.19. The molecule has 5 atom stereocenters. The smallest absolute Gasteiger partial charge is 0.217 e. The maximum absolute atomic E-state index is 10.7. The van der Waals surface area contributed by atoms with Gasteiger partial charge in [0.25, 0.3) is 0 Å². The van der Waals surface area contributed by atoms with E-state index in [-0.39, 0.29) is 17.7 Å². The maximum atomic E-state index is 10.7. The summed E-state index contributed by atoms with van der Waals surface area (Å²) in [5.41, 5.74) is 5.12. The van der Waals surface area contributed by atoms with Crippen LogP contribution in [0.25, 0.3) is 0 Å². The van der Waals surface area contributed by atoms with Crippen LogP contribution in [0.2, 0.25) is 0 Å². The maximum Gasteiger partial charge on any atom is 0.217 e. The number of unbranched alkanes of at least 4 members (excludes halogenated alkanes) is 1. The predicted octanol–water partition coefficient (Wildman–Crippen LogP) is 3.63. The Bertz CT molecular complexity index is 698. The minimum Gasteiger partial charge on any atom is -0.393 e. The Hall–Kier alpha value is -0.990. The fraction of sp³-hybridized carbons (Fsp3) is 0.591. The summed E-state index contributed by atoms with van der Waals surface area (Å²) in [6.07, 6.45) is 10.2. The van der Waals surface area contributed by atoms with Gasteiger partial charge in [-0.15, -0.1) is 11.3 Å². The molecule has 0 unspecified atom stereocenters. The number of thiophene rings is 1. The van der Waals surface area contributed by atoms with Crippen molar-refractivity contribution in [3.63, 3.8) is 0 Å². The van der Waals surface area contributed by atoms with Crippen molar-refractivity contribution in [2.75, 3.05) is 0 Å². The van der Waals surface area contributed by atoms with Crippen LogP contribution < -0.4 is 5.73 Å². The molecule has 7 heteroatoms. The first-order valence-corrected chi connectivity index (χ1v) is 11.8. The van der Waals surface area contributed by atoms with Gasteiger partial charge in [0.05, 0.1) is 18.3 Å². The number of amides is 1. The van der Waals surface area contributed by atoms with E-state index in [1.807, 2.05) is 18.2 Å². The molecular formula is C22H32BrNO4S. The normalized spacial score (nSPS) is 26.0. The van der Waals surface area contributed by atoms with E-state index in [1.54, 1.807) is 17.4 Å². The minimum atomic E-state index is -0.599. The van der Waals surface area contributed by atoms with Crippen LogP contribution >= 0.6 is 27.3 Å². The Labute approximate surface area is 185 Å². The van der Waals surface area contributed by atoms with Crippen LogP contribution in [0.3, 0.4) is 0 Å². The third-order valence-electron chi connectivity index (χ3n) is 5.43. The van der Waals surface area contributed by atoms with Gasteiger partial charge in [0.15, 0.2) is 0 Å². The third-order valence-corrected chi connectivity index (χ3v) is 7.63. The van der Waals surface area contributed by atoms with Crippen molar-refractivity contribution in [3.05, 3.63) is 44.6 Å². The number of aryl methyl sites for hydroxylation is 2. The van der Waals surface area contributed by atoms with Crippen molar-refractivity contribution in [1.82, 2.24) is 0 Å². The van der Waals surface area contributed by atoms with Gasteiger partial charge in [0.2, 0.25) is 5.91 Å². The summed E-state index contributed by atoms with van der Waals surface area (Å²) in [6.45, 7) is 2.06. The number of carbonyl (C=O) groups excluding carboxylic acids is 1. The number of nitrogens with two attached hydrogens (primary N) is 1. The van der Waals surface area contributed by atoms with E-state index in [1.165, 1.54) is 9.75 Å². The third kappa shape index (κ3) is 7.98. The quantitative estimate of drug-likeness (QED) is 0.283. The lowest BCUT2D eigenvalue weighted by atomic mass is 9.89. The van der Waals surface area contributed by atoms with Gasteiger partial charge in [-0.2, -0.15) is 0 Å². The molecule has 162 valence electrons. The molecule has 0 spiro atoms. The average Bonchev–Trinajstić information content (AvgIpc) is 3.11. The number of aliphatic hydroxyl groups is 3. The zero-order valence-electron chi connectivity index (χ0n) is 16.8. The fourth-order valence-corrected chi connectivity index (χ4v) is 5.37. The highest BCUT2D eigenvalue weighted by Gasteiger charge is 2.39. The van der Waals surface area contributed by atoms with Crippen molar-refractivity contribution >= 4 is 33.2 Å². The molecular weight excluding hydrogens is 454 g/mol. The SMILES string of the molecule is Cc1sc(CC[C@H](O)C=C[C@@H]2[C@@H](CC=CCCCC(N)=O)[C@@H](O)C[C@H]2O)cc1Br. The number of rotatable bonds is 11. The molecule has 1 aliphatic carbocycles. The van der Waals surface area contributed by atoms with Gasteiger partial charge in [-0.25, -0.2) is 0 Å². The molecule has 29 heavy (non-hydrogen) atoms. The van der Waals surface area contributed by atoms with Gasteiger partial charge < -0.3 is 21.1 Å². The number of carbonyl (C=O) groups is 1. The lowest BCUT2D eigenvalue weighted by molar-refractivity contribution is -0.118. The summed E-state index contributed by atoms with van der Waals surface area (Å²) in [7, 11) is 0. The van der Waals surface area contributed by atoms with E-state index >= 15 is 0 Å². The van der Waals surface area contributed by atoms with Crippen molar-refractivity contribution < 1.29 is 20.1 Å². The second-order valence-electron chi connectivity index (χ2n) is 7.79. The molecule has 1 heterocycles. The van der Waals surface area contributed by atoms with Crippen LogP contribution in [0.5, 0.6) is 0 Å². The predicted molar refractivity (Wildman–Crippen MR) is 121 cm³/mol. The van der Waals surface area contributed by atoms with E-state index in [0.717, 1.165) is 23.7 Å². The highest BCUT2D eigenvalue weighted by Crippen LogP contribution is 2.36. The van der Waals surface area contributed by atoms with E-state index < -0.39 is 18.3 Å².